The average molecular weight is 319 g/mol. The van der Waals surface area contributed by atoms with Gasteiger partial charge >= 0.3 is 0 Å². The average Bonchev–Trinajstić information content (AvgIpc) is 2.34. The summed E-state index contributed by atoms with van der Waals surface area (Å²) in [5, 5.41) is 2.75. The van der Waals surface area contributed by atoms with Crippen LogP contribution in [0.25, 0.3) is 0 Å². The van der Waals surface area contributed by atoms with Gasteiger partial charge < -0.3 is 10.1 Å². The first-order valence-corrected chi connectivity index (χ1v) is 6.34. The van der Waals surface area contributed by atoms with E-state index in [1.54, 1.807) is 31.4 Å². The molecule has 0 aliphatic rings. The molecule has 0 radical (unpaired) electrons. The minimum Gasteiger partial charge on any atom is -0.496 e. The molecule has 1 aromatic carbocycles. The van der Waals surface area contributed by atoms with E-state index >= 15 is 0 Å². The van der Waals surface area contributed by atoms with Crippen LogP contribution in [0.1, 0.15) is 10.4 Å². The maximum atomic E-state index is 11.7. The van der Waals surface area contributed by atoms with Gasteiger partial charge in [0.2, 0.25) is 0 Å². The monoisotopic (exact) mass is 317 g/mol. The number of carbonyl (C=O) groups excluding carboxylic acids is 1. The van der Waals surface area contributed by atoms with E-state index in [1.165, 1.54) is 0 Å². The van der Waals surface area contributed by atoms with Gasteiger partial charge in [0.15, 0.2) is 0 Å². The lowest BCUT2D eigenvalue weighted by Gasteiger charge is -2.06. The number of carbonyl (C=O) groups is 1. The Labute approximate surface area is 114 Å². The van der Waals surface area contributed by atoms with E-state index in [4.69, 9.17) is 16.3 Å². The fourth-order valence-electron chi connectivity index (χ4n) is 1.21. The molecule has 0 atom stereocenters. The quantitative estimate of drug-likeness (QED) is 0.669. The molecule has 17 heavy (non-hydrogen) atoms. The molecule has 0 fully saturated rings. The van der Waals surface area contributed by atoms with Crippen molar-refractivity contribution in [2.45, 2.75) is 0 Å². The zero-order valence-electron chi connectivity index (χ0n) is 9.37. The number of halogens is 2. The Bertz CT molecular complexity index is 421. The van der Waals surface area contributed by atoms with Gasteiger partial charge in [-0.2, -0.15) is 0 Å². The lowest BCUT2D eigenvalue weighted by Crippen LogP contribution is -2.23. The molecule has 1 rings (SSSR count). The summed E-state index contributed by atoms with van der Waals surface area (Å²) in [4.78, 5) is 11.7. The van der Waals surface area contributed by atoms with Gasteiger partial charge in [-0.15, -0.1) is 11.6 Å². The van der Waals surface area contributed by atoms with Gasteiger partial charge in [0.25, 0.3) is 5.91 Å². The third-order valence-corrected chi connectivity index (χ3v) is 2.85. The molecule has 1 aromatic rings. The van der Waals surface area contributed by atoms with Crippen molar-refractivity contribution in [3.05, 3.63) is 40.4 Å². The summed E-state index contributed by atoms with van der Waals surface area (Å²) < 4.78 is 5.84. The molecule has 1 amide bonds. The molecule has 0 saturated heterocycles. The summed E-state index contributed by atoms with van der Waals surface area (Å²) in [6, 6.07) is 5.18. The van der Waals surface area contributed by atoms with E-state index in [-0.39, 0.29) is 5.91 Å². The Hall–Kier alpha value is -1.000. The minimum absolute atomic E-state index is 0.132. The summed E-state index contributed by atoms with van der Waals surface area (Å²) >= 11 is 8.80. The molecule has 0 bridgehead atoms. The number of nitrogens with one attached hydrogen (secondary N) is 1. The summed E-state index contributed by atoms with van der Waals surface area (Å²) in [7, 11) is 1.58. The first kappa shape index (κ1) is 14.1. The van der Waals surface area contributed by atoms with Crippen molar-refractivity contribution < 1.29 is 9.53 Å². The third-order valence-electron chi connectivity index (χ3n) is 2.05. The summed E-state index contributed by atoms with van der Waals surface area (Å²) in [5.74, 6) is 1.01. The molecule has 0 aromatic heterocycles. The van der Waals surface area contributed by atoms with E-state index in [2.05, 4.69) is 21.2 Å². The van der Waals surface area contributed by atoms with Crippen LogP contribution in [-0.4, -0.2) is 25.4 Å². The van der Waals surface area contributed by atoms with Gasteiger partial charge in [-0.3, -0.25) is 4.79 Å². The number of rotatable bonds is 5. The van der Waals surface area contributed by atoms with Gasteiger partial charge in [-0.25, -0.2) is 0 Å². The van der Waals surface area contributed by atoms with E-state index < -0.39 is 0 Å². The van der Waals surface area contributed by atoms with Gasteiger partial charge in [-0.05, 0) is 34.1 Å². The van der Waals surface area contributed by atoms with Crippen molar-refractivity contribution in [2.24, 2.45) is 0 Å². The van der Waals surface area contributed by atoms with Crippen LogP contribution in [0, 0.1) is 0 Å². The Kier molecular flexibility index (Phi) is 6.08. The highest BCUT2D eigenvalue weighted by molar-refractivity contribution is 9.10. The Morgan fingerprint density at radius 2 is 2.29 bits per heavy atom. The fourth-order valence-corrected chi connectivity index (χ4v) is 1.87. The van der Waals surface area contributed by atoms with Crippen molar-refractivity contribution in [1.82, 2.24) is 5.32 Å². The van der Waals surface area contributed by atoms with Crippen molar-refractivity contribution in [3.63, 3.8) is 0 Å². The van der Waals surface area contributed by atoms with Crippen LogP contribution in [0.4, 0.5) is 0 Å². The van der Waals surface area contributed by atoms with Gasteiger partial charge in [0.05, 0.1) is 11.6 Å². The predicted octanol–water partition coefficient (Wildman–Crippen LogP) is 2.98. The molecule has 0 aliphatic heterocycles. The van der Waals surface area contributed by atoms with Crippen LogP contribution in [0.2, 0.25) is 0 Å². The van der Waals surface area contributed by atoms with E-state index in [0.29, 0.717) is 23.7 Å². The molecule has 5 heteroatoms. The van der Waals surface area contributed by atoms with Crippen molar-refractivity contribution >= 4 is 33.4 Å². The maximum absolute atomic E-state index is 11.7. The number of methoxy groups -OCH3 is 1. The number of benzene rings is 1. The highest BCUT2D eigenvalue weighted by atomic mass is 79.9. The van der Waals surface area contributed by atoms with Crippen molar-refractivity contribution in [3.8, 4) is 5.75 Å². The molecule has 0 unspecified atom stereocenters. The highest BCUT2D eigenvalue weighted by Crippen LogP contribution is 2.25. The normalized spacial score (nSPS) is 10.5. The fraction of sp³-hybridized carbons (Fsp3) is 0.250. The summed E-state index contributed by atoms with van der Waals surface area (Å²) in [6.45, 7) is 0.467. The number of amides is 1. The zero-order valence-corrected chi connectivity index (χ0v) is 11.7. The zero-order chi connectivity index (χ0) is 12.7. The Balaban J connectivity index is 2.63. The van der Waals surface area contributed by atoms with Crippen LogP contribution in [0.3, 0.4) is 0 Å². The van der Waals surface area contributed by atoms with Gasteiger partial charge in [0.1, 0.15) is 5.75 Å². The minimum atomic E-state index is -0.132. The molecular formula is C12H13BrClNO2. The Morgan fingerprint density at radius 3 is 2.88 bits per heavy atom. The van der Waals surface area contributed by atoms with Crippen molar-refractivity contribution in [1.29, 1.82) is 0 Å². The second-order valence-electron chi connectivity index (χ2n) is 3.19. The molecule has 1 N–H and O–H groups in total. The molecular weight excluding hydrogens is 305 g/mol. The number of allylic oxidation sites excluding steroid dienone is 1. The second kappa shape index (κ2) is 7.35. The number of alkyl halides is 1. The molecule has 92 valence electrons. The predicted molar refractivity (Wildman–Crippen MR) is 72.9 cm³/mol. The topological polar surface area (TPSA) is 38.3 Å². The number of hydrogen-bond acceptors (Lipinski definition) is 2. The lowest BCUT2D eigenvalue weighted by molar-refractivity contribution is 0.0958. The standard InChI is InChI=1S/C12H13BrClNO2/c1-17-11-5-4-9(8-10(11)13)12(16)15-7-3-2-6-14/h2-5,8H,6-7H2,1H3,(H,15,16)/b3-2+. The summed E-state index contributed by atoms with van der Waals surface area (Å²) in [5.41, 5.74) is 0.581. The molecule has 0 spiro atoms. The first-order chi connectivity index (χ1) is 8.19. The SMILES string of the molecule is COc1ccc(C(=O)NC/C=C/CCl)cc1Br. The number of hydrogen-bond donors (Lipinski definition) is 1. The maximum Gasteiger partial charge on any atom is 0.251 e. The van der Waals surface area contributed by atoms with Crippen molar-refractivity contribution in [2.75, 3.05) is 19.5 Å². The van der Waals surface area contributed by atoms with Crippen LogP contribution in [0.15, 0.2) is 34.8 Å². The smallest absolute Gasteiger partial charge is 0.251 e. The molecule has 0 aliphatic carbocycles. The lowest BCUT2D eigenvalue weighted by atomic mass is 10.2. The molecule has 3 nitrogen and oxygen atoms in total. The largest absolute Gasteiger partial charge is 0.496 e. The molecule has 0 saturated carbocycles. The first-order valence-electron chi connectivity index (χ1n) is 5.01. The van der Waals surface area contributed by atoms with E-state index in [1.807, 2.05) is 6.08 Å². The van der Waals surface area contributed by atoms with E-state index in [9.17, 15) is 4.79 Å². The van der Waals surface area contributed by atoms with Gasteiger partial charge in [0, 0.05) is 18.0 Å². The van der Waals surface area contributed by atoms with Crippen LogP contribution < -0.4 is 10.1 Å². The highest BCUT2D eigenvalue weighted by Gasteiger charge is 2.07. The third kappa shape index (κ3) is 4.40. The van der Waals surface area contributed by atoms with Crippen LogP contribution >= 0.6 is 27.5 Å². The van der Waals surface area contributed by atoms with E-state index in [0.717, 1.165) is 4.47 Å². The summed E-state index contributed by atoms with van der Waals surface area (Å²) in [6.07, 6.45) is 3.59. The van der Waals surface area contributed by atoms with Gasteiger partial charge in [-0.1, -0.05) is 12.2 Å². The number of ether oxygens (including phenoxy) is 1. The Morgan fingerprint density at radius 1 is 1.53 bits per heavy atom. The second-order valence-corrected chi connectivity index (χ2v) is 4.35. The molecule has 0 heterocycles. The van der Waals surface area contributed by atoms with Crippen LogP contribution in [0.5, 0.6) is 5.75 Å². The van der Waals surface area contributed by atoms with Crippen LogP contribution in [-0.2, 0) is 0 Å².